The molecule has 1 aliphatic rings. The molecule has 0 N–H and O–H groups in total. The Hall–Kier alpha value is -1.69. The number of halogens is 1. The molecule has 1 aliphatic heterocycles. The first-order valence-electron chi connectivity index (χ1n) is 8.82. The van der Waals surface area contributed by atoms with Crippen LogP contribution in [0.3, 0.4) is 0 Å². The van der Waals surface area contributed by atoms with Crippen LogP contribution >= 0.6 is 15.9 Å². The van der Waals surface area contributed by atoms with Crippen LogP contribution in [-0.4, -0.2) is 38.1 Å². The Kier molecular flexibility index (Phi) is 5.00. The van der Waals surface area contributed by atoms with Gasteiger partial charge in [0.25, 0.3) is 5.91 Å². The third-order valence-corrected chi connectivity index (χ3v) is 5.25. The van der Waals surface area contributed by atoms with E-state index in [0.717, 1.165) is 40.7 Å². The number of alkyl halides is 1. The number of carbonyl (C=O) groups is 1. The zero-order chi connectivity index (χ0) is 18.2. The molecular weight excluding hydrogens is 380 g/mol. The number of rotatable bonds is 6. The molecule has 0 atom stereocenters. The highest BCUT2D eigenvalue weighted by molar-refractivity contribution is 9.09. The monoisotopic (exact) mass is 404 g/mol. The molecule has 134 valence electrons. The highest BCUT2D eigenvalue weighted by Gasteiger charge is 2.45. The van der Waals surface area contributed by atoms with E-state index in [1.54, 1.807) is 5.01 Å². The minimum atomic E-state index is -0.641. The Bertz CT molecular complexity index is 822. The van der Waals surface area contributed by atoms with Gasteiger partial charge in [-0.05, 0) is 44.7 Å². The molecule has 0 saturated heterocycles. The van der Waals surface area contributed by atoms with Gasteiger partial charge in [-0.15, -0.1) is 0 Å². The predicted molar refractivity (Wildman–Crippen MR) is 104 cm³/mol. The first-order chi connectivity index (χ1) is 11.9. The molecule has 0 aromatic carbocycles. The molecule has 2 aromatic rings. The van der Waals surface area contributed by atoms with Gasteiger partial charge >= 0.3 is 0 Å². The van der Waals surface area contributed by atoms with E-state index >= 15 is 0 Å². The van der Waals surface area contributed by atoms with Gasteiger partial charge in [-0.1, -0.05) is 35.8 Å². The summed E-state index contributed by atoms with van der Waals surface area (Å²) in [7, 11) is 0. The fourth-order valence-corrected chi connectivity index (χ4v) is 3.65. The topological polar surface area (TPSA) is 50.0 Å². The maximum Gasteiger partial charge on any atom is 0.254 e. The molecule has 1 amide bonds. The fraction of sp³-hybridized carbons (Fsp3) is 0.526. The number of fused-ring (bicyclic) bond motifs is 1. The lowest BCUT2D eigenvalue weighted by molar-refractivity contribution is -0.135. The second-order valence-electron chi connectivity index (χ2n) is 7.34. The third kappa shape index (κ3) is 3.12. The molecule has 0 saturated carbocycles. The van der Waals surface area contributed by atoms with Crippen molar-refractivity contribution in [3.63, 3.8) is 0 Å². The normalized spacial score (nSPS) is 17.0. The van der Waals surface area contributed by atoms with Gasteiger partial charge in [0, 0.05) is 23.6 Å². The summed E-state index contributed by atoms with van der Waals surface area (Å²) in [6.07, 6.45) is 3.92. The number of amides is 1. The predicted octanol–water partition coefficient (Wildman–Crippen LogP) is 4.21. The van der Waals surface area contributed by atoms with Crippen LogP contribution < -0.4 is 0 Å². The first kappa shape index (κ1) is 18.1. The smallest absolute Gasteiger partial charge is 0.254 e. The van der Waals surface area contributed by atoms with E-state index in [-0.39, 0.29) is 11.8 Å². The molecule has 5 nitrogen and oxygen atoms in total. The number of carbonyl (C=O) groups excluding carboxylic acids is 1. The number of aromatic nitrogens is 2. The van der Waals surface area contributed by atoms with Crippen molar-refractivity contribution in [3.8, 4) is 0 Å². The number of hydrogen-bond donors (Lipinski definition) is 0. The van der Waals surface area contributed by atoms with Gasteiger partial charge in [0.1, 0.15) is 0 Å². The van der Waals surface area contributed by atoms with Crippen LogP contribution in [0.5, 0.6) is 0 Å². The minimum absolute atomic E-state index is 0.0714. The lowest BCUT2D eigenvalue weighted by Crippen LogP contribution is -2.35. The van der Waals surface area contributed by atoms with Crippen LogP contribution in [0.2, 0.25) is 0 Å². The summed E-state index contributed by atoms with van der Waals surface area (Å²) in [6.45, 7) is 8.85. The van der Waals surface area contributed by atoms with Crippen molar-refractivity contribution >= 4 is 33.1 Å². The quantitative estimate of drug-likeness (QED) is 0.534. The average Bonchev–Trinajstić information content (AvgIpc) is 3.05. The van der Waals surface area contributed by atoms with Crippen molar-refractivity contribution in [2.45, 2.75) is 46.5 Å². The molecule has 0 unspecified atom stereocenters. The van der Waals surface area contributed by atoms with E-state index in [9.17, 15) is 4.79 Å². The van der Waals surface area contributed by atoms with Crippen molar-refractivity contribution < 1.29 is 4.79 Å². The SMILES string of the molecule is CC(C)c1nn2ccccc2c1C1=NN(CCCCBr)C(=O)C1(C)C. The van der Waals surface area contributed by atoms with Gasteiger partial charge in [-0.25, -0.2) is 9.52 Å². The highest BCUT2D eigenvalue weighted by atomic mass is 79.9. The van der Waals surface area contributed by atoms with Gasteiger partial charge in [-0.3, -0.25) is 4.79 Å². The maximum atomic E-state index is 12.9. The van der Waals surface area contributed by atoms with Gasteiger partial charge in [0.2, 0.25) is 0 Å². The molecule has 0 spiro atoms. The standard InChI is InChI=1S/C19H25BrN4O/c1-13(2)16-15(14-9-5-7-11-23(14)21-16)17-19(3,4)18(25)24(22-17)12-8-6-10-20/h5,7,9,11,13H,6,8,10,12H2,1-4H3. The zero-order valence-corrected chi connectivity index (χ0v) is 16.9. The lowest BCUT2D eigenvalue weighted by Gasteiger charge is -2.20. The fourth-order valence-electron chi connectivity index (χ4n) is 3.25. The second kappa shape index (κ2) is 6.90. The van der Waals surface area contributed by atoms with Crippen molar-refractivity contribution in [2.24, 2.45) is 10.5 Å². The Morgan fingerprint density at radius 3 is 2.68 bits per heavy atom. The number of pyridine rings is 1. The Morgan fingerprint density at radius 2 is 2.00 bits per heavy atom. The van der Waals surface area contributed by atoms with E-state index in [2.05, 4.69) is 29.8 Å². The molecule has 25 heavy (non-hydrogen) atoms. The van der Waals surface area contributed by atoms with Crippen molar-refractivity contribution in [1.29, 1.82) is 0 Å². The molecule has 6 heteroatoms. The van der Waals surface area contributed by atoms with E-state index < -0.39 is 5.41 Å². The summed E-state index contributed by atoms with van der Waals surface area (Å²) in [4.78, 5) is 12.9. The highest BCUT2D eigenvalue weighted by Crippen LogP contribution is 2.36. The lowest BCUT2D eigenvalue weighted by atomic mass is 9.82. The summed E-state index contributed by atoms with van der Waals surface area (Å²) >= 11 is 3.44. The Balaban J connectivity index is 2.10. The van der Waals surface area contributed by atoms with E-state index in [1.807, 2.05) is 42.8 Å². The third-order valence-electron chi connectivity index (χ3n) is 4.69. The Morgan fingerprint density at radius 1 is 1.24 bits per heavy atom. The van der Waals surface area contributed by atoms with Gasteiger partial charge in [0.15, 0.2) is 0 Å². The molecule has 2 aromatic heterocycles. The molecule has 3 rings (SSSR count). The molecule has 0 bridgehead atoms. The van der Waals surface area contributed by atoms with Gasteiger partial charge in [0.05, 0.1) is 22.3 Å². The van der Waals surface area contributed by atoms with Crippen molar-refractivity contribution in [3.05, 3.63) is 35.7 Å². The van der Waals surface area contributed by atoms with Gasteiger partial charge in [-0.2, -0.15) is 10.2 Å². The summed E-state index contributed by atoms with van der Waals surface area (Å²) in [5.41, 5.74) is 3.21. The van der Waals surface area contributed by atoms with Crippen LogP contribution in [0.1, 0.15) is 57.7 Å². The van der Waals surface area contributed by atoms with E-state index in [1.165, 1.54) is 0 Å². The number of hydrogen-bond acceptors (Lipinski definition) is 3. The van der Waals surface area contributed by atoms with Crippen LogP contribution in [-0.2, 0) is 4.79 Å². The van der Waals surface area contributed by atoms with E-state index in [4.69, 9.17) is 10.2 Å². The van der Waals surface area contributed by atoms with Crippen LogP contribution in [0.25, 0.3) is 5.52 Å². The number of nitrogens with zero attached hydrogens (tertiary/aromatic N) is 4. The summed E-state index contributed by atoms with van der Waals surface area (Å²) in [6, 6.07) is 6.01. The van der Waals surface area contributed by atoms with Crippen LogP contribution in [0.4, 0.5) is 0 Å². The molecule has 0 radical (unpaired) electrons. The summed E-state index contributed by atoms with van der Waals surface area (Å²) in [5.74, 6) is 0.327. The van der Waals surface area contributed by atoms with E-state index in [0.29, 0.717) is 6.54 Å². The van der Waals surface area contributed by atoms with Gasteiger partial charge < -0.3 is 0 Å². The number of unbranched alkanes of at least 4 members (excludes halogenated alkanes) is 1. The molecular formula is C19H25BrN4O. The second-order valence-corrected chi connectivity index (χ2v) is 8.14. The largest absolute Gasteiger partial charge is 0.272 e. The zero-order valence-electron chi connectivity index (χ0n) is 15.3. The summed E-state index contributed by atoms with van der Waals surface area (Å²) < 4.78 is 1.89. The van der Waals surface area contributed by atoms with Crippen LogP contribution in [0.15, 0.2) is 29.5 Å². The average molecular weight is 405 g/mol. The number of hydrazone groups is 1. The molecule has 0 aliphatic carbocycles. The van der Waals surface area contributed by atoms with Crippen LogP contribution in [0, 0.1) is 5.41 Å². The minimum Gasteiger partial charge on any atom is -0.272 e. The Labute approximate surface area is 157 Å². The molecule has 3 heterocycles. The molecule has 0 fully saturated rings. The maximum absolute atomic E-state index is 12.9. The summed E-state index contributed by atoms with van der Waals surface area (Å²) in [5, 5.41) is 12.1. The first-order valence-corrected chi connectivity index (χ1v) is 9.94. The van der Waals surface area contributed by atoms with Crippen molar-refractivity contribution in [1.82, 2.24) is 14.6 Å². The van der Waals surface area contributed by atoms with Crippen molar-refractivity contribution in [2.75, 3.05) is 11.9 Å².